The zero-order valence-corrected chi connectivity index (χ0v) is 39.8. The normalized spacial score (nSPS) is 16.5. The van der Waals surface area contributed by atoms with Crippen LogP contribution < -0.4 is 15.9 Å². The van der Waals surface area contributed by atoms with E-state index in [9.17, 15) is 0 Å². The molecule has 0 spiro atoms. The van der Waals surface area contributed by atoms with E-state index in [2.05, 4.69) is 208 Å². The number of hydrogen-bond acceptors (Lipinski definition) is 3. The zero-order valence-electron chi connectivity index (χ0n) is 36.4. The van der Waals surface area contributed by atoms with E-state index >= 15 is 0 Å². The second-order valence-corrected chi connectivity index (χ2v) is 20.8. The molecule has 3 nitrogen and oxygen atoms in total. The average Bonchev–Trinajstić information content (AvgIpc) is 3.81. The number of fused-ring (bicyclic) bond motifs is 3. The standard InChI is InChI=1S/C55H61N2OP.Os/c1-8-21-43-29-31-50-51-32-30-44(39-54(51)55(53(50)37-43,33-19-35-56(4)5)34-20-36-57(6)7)52(38-46-41-58-40-45(46)22-9-2)42(3)59(47-23-13-10-14-24-47,48-25-15-11-16-26-48)49-27-17-12-18-28-49;/h8,10-18,21-32,37-39H,9,19-20,33-36,40-41H2,1-2,4-7H3;/q+1;/b21-8+,45-22?,46-38?,52-42?;. The Morgan fingerprint density at radius 1 is 0.700 bits per heavy atom. The Morgan fingerprint density at radius 2 is 1.22 bits per heavy atom. The van der Waals surface area contributed by atoms with Gasteiger partial charge in [-0.1, -0.05) is 0 Å². The maximum absolute atomic E-state index is 6.24. The molecule has 0 N–H and O–H groups in total. The number of nitrogens with zero attached hydrogens (tertiary/aromatic N) is 2. The van der Waals surface area contributed by atoms with Crippen molar-refractivity contribution in [3.8, 4) is 15.5 Å². The van der Waals surface area contributed by atoms with Gasteiger partial charge in [0.25, 0.3) is 0 Å². The van der Waals surface area contributed by atoms with E-state index in [1.807, 2.05) is 17.9 Å². The van der Waals surface area contributed by atoms with E-state index in [4.69, 9.17) is 4.74 Å². The number of hydrogen-bond donors (Lipinski definition) is 0. The molecule has 1 heterocycles. The third kappa shape index (κ3) is 8.90. The van der Waals surface area contributed by atoms with Crippen LogP contribution in [0.3, 0.4) is 0 Å². The molecule has 0 unspecified atom stereocenters. The minimum absolute atomic E-state index is 0.127. The zero-order chi connectivity index (χ0) is 42.1. The molecule has 7 rings (SSSR count). The van der Waals surface area contributed by atoms with Crippen LogP contribution in [0.4, 0.5) is 0 Å². The third-order valence-corrected chi connectivity index (χ3v) is 17.7. The first-order chi connectivity index (χ1) is 29.3. The fourth-order valence-electron chi connectivity index (χ4n) is 9.60. The summed E-state index contributed by atoms with van der Waals surface area (Å²) in [4.78, 5) is 4.68. The summed E-state index contributed by atoms with van der Waals surface area (Å²) in [7, 11) is 6.32. The molecule has 5 aromatic rings. The van der Waals surface area contributed by atoms with Gasteiger partial charge in [0.05, 0.1) is 0 Å². The van der Waals surface area contributed by atoms with Crippen LogP contribution in [0, 0.1) is 4.37 Å². The van der Waals surface area contributed by atoms with Gasteiger partial charge >= 0.3 is 366 Å². The molecule has 0 radical (unpaired) electrons. The summed E-state index contributed by atoms with van der Waals surface area (Å²) in [6.07, 6.45) is 14.7. The molecule has 0 atom stereocenters. The summed E-state index contributed by atoms with van der Waals surface area (Å²) in [5.41, 5.74) is 11.9. The summed E-state index contributed by atoms with van der Waals surface area (Å²) in [6, 6.07) is 48.5. The monoisotopic (exact) mass is 988 g/mol. The molecule has 309 valence electrons. The summed E-state index contributed by atoms with van der Waals surface area (Å²) >= 11 is 1.87. The van der Waals surface area contributed by atoms with Gasteiger partial charge < -0.3 is 0 Å². The van der Waals surface area contributed by atoms with Gasteiger partial charge in [0.1, 0.15) is 0 Å². The summed E-state index contributed by atoms with van der Waals surface area (Å²) in [6.45, 7) is 7.71. The van der Waals surface area contributed by atoms with E-state index in [1.165, 1.54) is 71.3 Å². The van der Waals surface area contributed by atoms with Crippen LogP contribution in [0.1, 0.15) is 68.2 Å². The molecular formula is C55H61N2OOsP+. The summed E-state index contributed by atoms with van der Waals surface area (Å²) in [5, 5.41) is 5.24. The fraction of sp³-hybridized carbons (Fsp3) is 0.291. The Hall–Kier alpha value is -4.21. The van der Waals surface area contributed by atoms with Crippen LogP contribution in [-0.4, -0.2) is 64.3 Å². The quantitative estimate of drug-likeness (QED) is 0.0917. The van der Waals surface area contributed by atoms with E-state index in [0.717, 1.165) is 45.2 Å². The number of ether oxygens (including phenoxy) is 1. The molecule has 60 heavy (non-hydrogen) atoms. The van der Waals surface area contributed by atoms with Crippen molar-refractivity contribution >= 4 is 34.8 Å². The third-order valence-electron chi connectivity index (χ3n) is 12.3. The number of rotatable bonds is 16. The van der Waals surface area contributed by atoms with E-state index < -0.39 is 7.26 Å². The van der Waals surface area contributed by atoms with Crippen molar-refractivity contribution < 1.29 is 22.7 Å². The molecule has 1 aliphatic heterocycles. The Bertz CT molecular complexity index is 2310. The van der Waals surface area contributed by atoms with E-state index in [0.29, 0.717) is 13.2 Å². The second kappa shape index (κ2) is 20.1. The van der Waals surface area contributed by atoms with Crippen LogP contribution in [-0.2, 0) is 28.1 Å². The number of benzene rings is 5. The van der Waals surface area contributed by atoms with Crippen molar-refractivity contribution in [1.82, 2.24) is 9.80 Å². The Morgan fingerprint density at radius 3 is 1.72 bits per heavy atom. The molecule has 0 bridgehead atoms. The molecule has 0 amide bonds. The van der Waals surface area contributed by atoms with Gasteiger partial charge in [0, 0.05) is 0 Å². The van der Waals surface area contributed by atoms with Crippen molar-refractivity contribution in [3.05, 3.63) is 184 Å². The summed E-state index contributed by atoms with van der Waals surface area (Å²) in [5.74, 6) is 0. The molecule has 5 aromatic carbocycles. The average molecular weight is 987 g/mol. The first-order valence-electron chi connectivity index (χ1n) is 21.6. The van der Waals surface area contributed by atoms with Crippen LogP contribution in [0.5, 0.6) is 0 Å². The van der Waals surface area contributed by atoms with Gasteiger partial charge in [-0.05, 0) is 6.92 Å². The van der Waals surface area contributed by atoms with Crippen molar-refractivity contribution in [2.45, 2.75) is 51.4 Å². The second-order valence-electron chi connectivity index (χ2n) is 16.8. The molecule has 2 aliphatic rings. The minimum atomic E-state index is -2.51. The molecule has 5 heteroatoms. The maximum atomic E-state index is 6.24. The van der Waals surface area contributed by atoms with Crippen LogP contribution in [0.2, 0.25) is 0 Å². The van der Waals surface area contributed by atoms with E-state index in [-0.39, 0.29) is 5.41 Å². The molecule has 0 aromatic heterocycles. The van der Waals surface area contributed by atoms with Crippen molar-refractivity contribution in [2.75, 3.05) is 54.5 Å². The Labute approximate surface area is 371 Å². The van der Waals surface area contributed by atoms with Gasteiger partial charge in [-0.2, -0.15) is 0 Å². The van der Waals surface area contributed by atoms with E-state index in [1.54, 1.807) is 0 Å². The van der Waals surface area contributed by atoms with Gasteiger partial charge in [0.15, 0.2) is 0 Å². The van der Waals surface area contributed by atoms with Gasteiger partial charge in [-0.3, -0.25) is 0 Å². The molecule has 0 saturated carbocycles. The Kier molecular flexibility index (Phi) is 14.7. The topological polar surface area (TPSA) is 15.7 Å². The molecule has 1 saturated heterocycles. The van der Waals surface area contributed by atoms with Crippen LogP contribution in [0.15, 0.2) is 162 Å². The first-order valence-corrected chi connectivity index (χ1v) is 24.7. The van der Waals surface area contributed by atoms with Crippen molar-refractivity contribution in [3.63, 3.8) is 0 Å². The summed E-state index contributed by atoms with van der Waals surface area (Å²) < 4.78 is 10.2. The van der Waals surface area contributed by atoms with Crippen molar-refractivity contribution in [2.24, 2.45) is 0 Å². The molecule has 1 aliphatic carbocycles. The number of allylic oxidation sites excluding steroid dienone is 5. The SMILES string of the molecule is C/C=C/c1ccc2c(c1)C(CCCN(C)C)(CCCN(C)C)c1cc(C(C=C3COCC3=CCC)=C([C]#[Os])[P+](c3ccccc3)(c3ccccc3)c3ccccc3)ccc1-2. The van der Waals surface area contributed by atoms with Gasteiger partial charge in [-0.25, -0.2) is 0 Å². The van der Waals surface area contributed by atoms with Gasteiger partial charge in [0.2, 0.25) is 0 Å². The molecule has 1 fully saturated rings. The fourth-order valence-corrected chi connectivity index (χ4v) is 15.4. The van der Waals surface area contributed by atoms with Gasteiger partial charge in [-0.15, -0.1) is 0 Å². The molecular weight excluding hydrogens is 926 g/mol. The predicted octanol–water partition coefficient (Wildman–Crippen LogP) is 11.2. The first kappa shape index (κ1) is 43.9. The predicted molar refractivity (Wildman–Crippen MR) is 256 cm³/mol. The Balaban J connectivity index is 1.59. The van der Waals surface area contributed by atoms with Crippen molar-refractivity contribution in [1.29, 1.82) is 0 Å². The van der Waals surface area contributed by atoms with Crippen LogP contribution >= 0.6 is 7.26 Å². The van der Waals surface area contributed by atoms with Crippen LogP contribution in [0.25, 0.3) is 22.8 Å².